The minimum absolute atomic E-state index is 0.184. The second-order valence-electron chi connectivity index (χ2n) is 16.6. The minimum Gasteiger partial charge on any atom is -0.479 e. The van der Waals surface area contributed by atoms with Gasteiger partial charge >= 0.3 is 17.9 Å². The molecule has 1 heterocycles. The Hall–Kier alpha value is -2.83. The van der Waals surface area contributed by atoms with Crippen molar-refractivity contribution < 1.29 is 53.8 Å². The first-order valence-corrected chi connectivity index (χ1v) is 24.2. The maximum Gasteiger partial charge on any atom is 0.335 e. The van der Waals surface area contributed by atoms with Crippen molar-refractivity contribution >= 4 is 17.9 Å². The van der Waals surface area contributed by atoms with E-state index in [-0.39, 0.29) is 26.1 Å². The Labute approximate surface area is 369 Å². The number of carbonyl (C=O) groups excluding carboxylic acids is 2. The van der Waals surface area contributed by atoms with Gasteiger partial charge in [-0.3, -0.25) is 9.59 Å². The summed E-state index contributed by atoms with van der Waals surface area (Å²) in [5, 5.41) is 39.8. The number of carboxylic acids is 1. The van der Waals surface area contributed by atoms with Crippen LogP contribution in [0.25, 0.3) is 0 Å². The molecule has 1 aliphatic rings. The number of hydrogen-bond acceptors (Lipinski definition) is 10. The number of carbonyl (C=O) groups is 3. The normalized spacial score (nSPS) is 20.0. The highest BCUT2D eigenvalue weighted by Crippen LogP contribution is 2.23. The first-order chi connectivity index (χ1) is 29.7. The zero-order chi connectivity index (χ0) is 44.6. The first kappa shape index (κ1) is 56.2. The highest BCUT2D eigenvalue weighted by molar-refractivity contribution is 5.73. The molecule has 4 N–H and O–H groups in total. The van der Waals surface area contributed by atoms with Gasteiger partial charge in [-0.25, -0.2) is 4.79 Å². The van der Waals surface area contributed by atoms with E-state index in [0.29, 0.717) is 12.8 Å². The molecule has 0 aromatic carbocycles. The number of ether oxygens (including phenoxy) is 4. The van der Waals surface area contributed by atoms with Gasteiger partial charge in [-0.15, -0.1) is 0 Å². The van der Waals surface area contributed by atoms with Gasteiger partial charge in [0.25, 0.3) is 0 Å². The lowest BCUT2D eigenvalue weighted by atomic mass is 9.99. The number of allylic oxidation sites excluding steroid dienone is 8. The van der Waals surface area contributed by atoms with Crippen molar-refractivity contribution in [1.29, 1.82) is 0 Å². The number of aliphatic carboxylic acids is 1. The van der Waals surface area contributed by atoms with Crippen LogP contribution in [0.2, 0.25) is 0 Å². The smallest absolute Gasteiger partial charge is 0.335 e. The van der Waals surface area contributed by atoms with Crippen LogP contribution in [0.15, 0.2) is 48.6 Å². The van der Waals surface area contributed by atoms with Crippen LogP contribution < -0.4 is 0 Å². The first-order valence-electron chi connectivity index (χ1n) is 24.2. The zero-order valence-corrected chi connectivity index (χ0v) is 38.1. The number of rotatable bonds is 40. The standard InChI is InChI=1S/C50H86O11/c1-3-5-7-9-11-13-15-17-18-19-20-21-22-23-24-25-26-27-29-30-32-34-36-38-43(51)58-40-42(41-59-50-47(55)45(53)46(54)48(61-50)49(56)57)60-44(52)39-37-35-33-31-28-16-14-12-10-8-6-4-2/h5,7,11,13,17-18,20-21,42,45-48,50,53-55H,3-4,6,8-10,12,14-16,19,22-41H2,1-2H3,(H,56,57)/b7-5-,13-11-,18-17-,21-20-. The zero-order valence-electron chi connectivity index (χ0n) is 38.1. The van der Waals surface area contributed by atoms with Gasteiger partial charge in [0.05, 0.1) is 6.61 Å². The lowest BCUT2D eigenvalue weighted by Gasteiger charge is -2.38. The van der Waals surface area contributed by atoms with Crippen molar-refractivity contribution in [2.24, 2.45) is 0 Å². The quantitative estimate of drug-likeness (QED) is 0.0263. The Morgan fingerprint density at radius 3 is 1.46 bits per heavy atom. The van der Waals surface area contributed by atoms with E-state index >= 15 is 0 Å². The topological polar surface area (TPSA) is 169 Å². The predicted molar refractivity (Wildman–Crippen MR) is 243 cm³/mol. The van der Waals surface area contributed by atoms with E-state index < -0.39 is 54.7 Å². The molecule has 0 bridgehead atoms. The van der Waals surface area contributed by atoms with Crippen molar-refractivity contribution in [3.8, 4) is 0 Å². The maximum atomic E-state index is 12.8. The molecule has 1 rings (SSSR count). The summed E-state index contributed by atoms with van der Waals surface area (Å²) in [6.45, 7) is 3.70. The molecule has 1 fully saturated rings. The monoisotopic (exact) mass is 863 g/mol. The Kier molecular flexibility index (Phi) is 36.8. The summed E-state index contributed by atoms with van der Waals surface area (Å²) in [6.07, 6.45) is 38.8. The molecule has 6 atom stereocenters. The SMILES string of the molecule is CC/C=C\C/C=C\C/C=C\C/C=C\CCCCCCCCCCCCC(=O)OCC(COC1OC(C(=O)O)C(O)C(O)C1O)OC(=O)CCCCCCCCCCCCCC. The van der Waals surface area contributed by atoms with E-state index in [0.717, 1.165) is 70.6 Å². The van der Waals surface area contributed by atoms with Crippen molar-refractivity contribution in [3.05, 3.63) is 48.6 Å². The third-order valence-electron chi connectivity index (χ3n) is 10.9. The summed E-state index contributed by atoms with van der Waals surface area (Å²) in [4.78, 5) is 36.9. The molecule has 0 radical (unpaired) electrons. The van der Waals surface area contributed by atoms with Gasteiger partial charge in [-0.2, -0.15) is 0 Å². The van der Waals surface area contributed by atoms with Crippen LogP contribution in [0.5, 0.6) is 0 Å². The third kappa shape index (κ3) is 31.6. The molecule has 352 valence electrons. The average Bonchev–Trinajstić information content (AvgIpc) is 3.24. The largest absolute Gasteiger partial charge is 0.479 e. The molecule has 6 unspecified atom stereocenters. The van der Waals surface area contributed by atoms with Crippen molar-refractivity contribution in [1.82, 2.24) is 0 Å². The average molecular weight is 863 g/mol. The molecule has 1 saturated heterocycles. The number of esters is 2. The van der Waals surface area contributed by atoms with E-state index in [1.807, 2.05) is 0 Å². The van der Waals surface area contributed by atoms with Crippen LogP contribution in [0, 0.1) is 0 Å². The Balaban J connectivity index is 2.28. The van der Waals surface area contributed by atoms with Gasteiger partial charge in [-0.05, 0) is 51.4 Å². The summed E-state index contributed by atoms with van der Waals surface area (Å²) >= 11 is 0. The molecular weight excluding hydrogens is 777 g/mol. The third-order valence-corrected chi connectivity index (χ3v) is 10.9. The Bertz CT molecular complexity index is 1200. The van der Waals surface area contributed by atoms with Crippen LogP contribution in [0.3, 0.4) is 0 Å². The molecule has 1 aliphatic heterocycles. The second kappa shape index (κ2) is 40.0. The van der Waals surface area contributed by atoms with Gasteiger partial charge in [0.15, 0.2) is 18.5 Å². The van der Waals surface area contributed by atoms with E-state index in [1.54, 1.807) is 0 Å². The van der Waals surface area contributed by atoms with Crippen molar-refractivity contribution in [2.75, 3.05) is 13.2 Å². The fourth-order valence-electron chi connectivity index (χ4n) is 7.16. The van der Waals surface area contributed by atoms with E-state index in [9.17, 15) is 34.8 Å². The molecular formula is C50H86O11. The lowest BCUT2D eigenvalue weighted by Crippen LogP contribution is -2.60. The highest BCUT2D eigenvalue weighted by Gasteiger charge is 2.47. The molecule has 0 spiro atoms. The molecule has 0 saturated carbocycles. The molecule has 11 heteroatoms. The summed E-state index contributed by atoms with van der Waals surface area (Å²) in [5.41, 5.74) is 0. The van der Waals surface area contributed by atoms with Crippen molar-refractivity contribution in [2.45, 2.75) is 237 Å². The number of unbranched alkanes of at least 4 members (excludes halogenated alkanes) is 21. The number of aliphatic hydroxyl groups excluding tert-OH is 3. The lowest BCUT2D eigenvalue weighted by molar-refractivity contribution is -0.298. The van der Waals surface area contributed by atoms with Crippen LogP contribution in [-0.4, -0.2) is 88.4 Å². The molecule has 0 aromatic heterocycles. The van der Waals surface area contributed by atoms with Crippen LogP contribution >= 0.6 is 0 Å². The highest BCUT2D eigenvalue weighted by atomic mass is 16.7. The van der Waals surface area contributed by atoms with Crippen LogP contribution in [-0.2, 0) is 33.3 Å². The molecule has 0 aromatic rings. The molecule has 0 aliphatic carbocycles. The van der Waals surface area contributed by atoms with Gasteiger partial charge in [0.2, 0.25) is 0 Å². The number of hydrogen-bond donors (Lipinski definition) is 4. The second-order valence-corrected chi connectivity index (χ2v) is 16.6. The Morgan fingerprint density at radius 2 is 0.967 bits per heavy atom. The van der Waals surface area contributed by atoms with E-state index in [1.165, 1.54) is 89.9 Å². The molecule has 61 heavy (non-hydrogen) atoms. The Morgan fingerprint density at radius 1 is 0.525 bits per heavy atom. The van der Waals surface area contributed by atoms with Gasteiger partial charge < -0.3 is 39.4 Å². The van der Waals surface area contributed by atoms with E-state index in [2.05, 4.69) is 62.5 Å². The fourth-order valence-corrected chi connectivity index (χ4v) is 7.16. The van der Waals surface area contributed by atoms with Crippen LogP contribution in [0.1, 0.15) is 200 Å². The molecule has 0 amide bonds. The maximum absolute atomic E-state index is 12.8. The summed E-state index contributed by atoms with van der Waals surface area (Å²) in [5.74, 6) is -2.44. The fraction of sp³-hybridized carbons (Fsp3) is 0.780. The minimum atomic E-state index is -1.86. The van der Waals surface area contributed by atoms with Gasteiger partial charge in [-0.1, -0.05) is 184 Å². The summed E-state index contributed by atoms with van der Waals surface area (Å²) < 4.78 is 21.8. The summed E-state index contributed by atoms with van der Waals surface area (Å²) in [7, 11) is 0. The van der Waals surface area contributed by atoms with Gasteiger partial charge in [0, 0.05) is 12.8 Å². The van der Waals surface area contributed by atoms with Crippen molar-refractivity contribution in [3.63, 3.8) is 0 Å². The number of carboxylic acid groups (broad SMARTS) is 1. The van der Waals surface area contributed by atoms with Crippen LogP contribution in [0.4, 0.5) is 0 Å². The molecule has 11 nitrogen and oxygen atoms in total. The van der Waals surface area contributed by atoms with Gasteiger partial charge in [0.1, 0.15) is 24.9 Å². The number of aliphatic hydroxyl groups is 3. The summed E-state index contributed by atoms with van der Waals surface area (Å²) in [6, 6.07) is 0. The van der Waals surface area contributed by atoms with E-state index in [4.69, 9.17) is 18.9 Å². The predicted octanol–water partition coefficient (Wildman–Crippen LogP) is 10.9.